The minimum absolute atomic E-state index is 0.0391. The van der Waals surface area contributed by atoms with Crippen molar-refractivity contribution in [2.24, 2.45) is 0 Å². The second-order valence-corrected chi connectivity index (χ2v) is 5.48. The number of morpholine rings is 1. The molecular weight excluding hydrogens is 292 g/mol. The summed E-state index contributed by atoms with van der Waals surface area (Å²) in [7, 11) is 0. The van der Waals surface area contributed by atoms with Crippen LogP contribution in [-0.4, -0.2) is 52.3 Å². The van der Waals surface area contributed by atoms with E-state index >= 15 is 0 Å². The van der Waals surface area contributed by atoms with Gasteiger partial charge in [0.15, 0.2) is 0 Å². The maximum atomic E-state index is 12.7. The number of H-pyrrole nitrogens is 1. The van der Waals surface area contributed by atoms with Crippen molar-refractivity contribution in [2.45, 2.75) is 0 Å². The van der Waals surface area contributed by atoms with E-state index in [2.05, 4.69) is 15.2 Å². The number of aromatic nitrogens is 3. The number of pyridine rings is 1. The number of nitrogens with zero attached hydrogens (tertiary/aromatic N) is 3. The second-order valence-electron chi connectivity index (χ2n) is 5.48. The molecule has 6 heteroatoms. The van der Waals surface area contributed by atoms with E-state index in [0.717, 1.165) is 22.0 Å². The Bertz CT molecular complexity index is 839. The van der Waals surface area contributed by atoms with Crippen LogP contribution in [0.3, 0.4) is 0 Å². The van der Waals surface area contributed by atoms with Gasteiger partial charge in [0.2, 0.25) is 0 Å². The van der Waals surface area contributed by atoms with Crippen LogP contribution < -0.4 is 0 Å². The Balaban J connectivity index is 1.77. The van der Waals surface area contributed by atoms with Gasteiger partial charge in [-0.15, -0.1) is 0 Å². The summed E-state index contributed by atoms with van der Waals surface area (Å²) in [4.78, 5) is 18.9. The van der Waals surface area contributed by atoms with E-state index in [1.54, 1.807) is 12.4 Å². The Hall–Kier alpha value is -2.73. The fourth-order valence-electron chi connectivity index (χ4n) is 2.88. The first-order valence-electron chi connectivity index (χ1n) is 7.58. The molecule has 0 radical (unpaired) electrons. The second kappa shape index (κ2) is 5.81. The molecule has 23 heavy (non-hydrogen) atoms. The van der Waals surface area contributed by atoms with Gasteiger partial charge < -0.3 is 9.64 Å². The van der Waals surface area contributed by atoms with Crippen LogP contribution >= 0.6 is 0 Å². The quantitative estimate of drug-likeness (QED) is 0.787. The molecule has 1 saturated heterocycles. The molecule has 3 heterocycles. The van der Waals surface area contributed by atoms with Gasteiger partial charge in [0.1, 0.15) is 0 Å². The third kappa shape index (κ3) is 2.57. The first-order chi connectivity index (χ1) is 11.3. The number of ether oxygens (including phenoxy) is 1. The van der Waals surface area contributed by atoms with Crippen LogP contribution in [0.1, 0.15) is 10.4 Å². The monoisotopic (exact) mass is 308 g/mol. The molecule has 1 N–H and O–H groups in total. The van der Waals surface area contributed by atoms with Gasteiger partial charge in [-0.25, -0.2) is 0 Å². The maximum Gasteiger partial charge on any atom is 0.254 e. The van der Waals surface area contributed by atoms with E-state index in [1.807, 2.05) is 35.4 Å². The van der Waals surface area contributed by atoms with Crippen molar-refractivity contribution in [1.29, 1.82) is 0 Å². The Morgan fingerprint density at radius 1 is 1.22 bits per heavy atom. The summed E-state index contributed by atoms with van der Waals surface area (Å²) in [5.74, 6) is 0.0391. The van der Waals surface area contributed by atoms with Crippen LogP contribution in [-0.2, 0) is 4.74 Å². The van der Waals surface area contributed by atoms with E-state index in [-0.39, 0.29) is 5.91 Å². The van der Waals surface area contributed by atoms with Crippen molar-refractivity contribution < 1.29 is 9.53 Å². The highest BCUT2D eigenvalue weighted by atomic mass is 16.5. The third-order valence-electron chi connectivity index (χ3n) is 4.10. The molecule has 0 spiro atoms. The molecule has 0 unspecified atom stereocenters. The first-order valence-corrected chi connectivity index (χ1v) is 7.58. The third-order valence-corrected chi connectivity index (χ3v) is 4.10. The lowest BCUT2D eigenvalue weighted by molar-refractivity contribution is 0.0303. The molecule has 0 atom stereocenters. The van der Waals surface area contributed by atoms with Crippen molar-refractivity contribution in [1.82, 2.24) is 20.1 Å². The van der Waals surface area contributed by atoms with E-state index in [0.29, 0.717) is 31.9 Å². The Morgan fingerprint density at radius 2 is 2.09 bits per heavy atom. The molecule has 116 valence electrons. The smallest absolute Gasteiger partial charge is 0.254 e. The van der Waals surface area contributed by atoms with Crippen LogP contribution in [0.4, 0.5) is 0 Å². The number of amides is 1. The molecule has 1 aromatic carbocycles. The number of hydrogen-bond acceptors (Lipinski definition) is 4. The number of fused-ring (bicyclic) bond motifs is 1. The number of carbonyl (C=O) groups excluding carboxylic acids is 1. The van der Waals surface area contributed by atoms with Crippen molar-refractivity contribution >= 4 is 16.8 Å². The van der Waals surface area contributed by atoms with E-state index < -0.39 is 0 Å². The average molecular weight is 308 g/mol. The van der Waals surface area contributed by atoms with Crippen molar-refractivity contribution in [3.63, 3.8) is 0 Å². The topological polar surface area (TPSA) is 71.1 Å². The largest absolute Gasteiger partial charge is 0.378 e. The van der Waals surface area contributed by atoms with E-state index in [4.69, 9.17) is 4.74 Å². The zero-order chi connectivity index (χ0) is 15.6. The van der Waals surface area contributed by atoms with Gasteiger partial charge >= 0.3 is 0 Å². The summed E-state index contributed by atoms with van der Waals surface area (Å²) in [6.45, 7) is 2.47. The van der Waals surface area contributed by atoms with Crippen LogP contribution in [0.15, 0.2) is 42.9 Å². The fraction of sp³-hybridized carbons (Fsp3) is 0.235. The van der Waals surface area contributed by atoms with Crippen LogP contribution in [0, 0.1) is 0 Å². The van der Waals surface area contributed by atoms with Gasteiger partial charge in [0.25, 0.3) is 5.91 Å². The molecule has 0 saturated carbocycles. The van der Waals surface area contributed by atoms with Gasteiger partial charge in [-0.2, -0.15) is 5.10 Å². The maximum absolute atomic E-state index is 12.7. The summed E-state index contributed by atoms with van der Waals surface area (Å²) >= 11 is 0. The Morgan fingerprint density at radius 3 is 2.87 bits per heavy atom. The fourth-order valence-corrected chi connectivity index (χ4v) is 2.88. The average Bonchev–Trinajstić information content (AvgIpc) is 3.15. The van der Waals surface area contributed by atoms with Crippen molar-refractivity contribution in [2.75, 3.05) is 26.3 Å². The lowest BCUT2D eigenvalue weighted by Gasteiger charge is -2.27. The Kier molecular flexibility index (Phi) is 3.51. The predicted octanol–water partition coefficient (Wildman–Crippen LogP) is 2.10. The van der Waals surface area contributed by atoms with Crippen LogP contribution in [0.2, 0.25) is 0 Å². The molecule has 1 amide bonds. The number of benzene rings is 1. The number of carbonyl (C=O) groups is 1. The predicted molar refractivity (Wildman–Crippen MR) is 86.0 cm³/mol. The van der Waals surface area contributed by atoms with E-state index in [1.165, 1.54) is 0 Å². The molecule has 1 aliphatic heterocycles. The molecule has 2 aromatic heterocycles. The first kappa shape index (κ1) is 13.9. The lowest BCUT2D eigenvalue weighted by atomic mass is 10.0. The number of nitrogens with one attached hydrogen (secondary N) is 1. The van der Waals surface area contributed by atoms with Crippen molar-refractivity contribution in [3.8, 4) is 11.1 Å². The minimum atomic E-state index is 0.0391. The van der Waals surface area contributed by atoms with Gasteiger partial charge in [-0.3, -0.25) is 14.9 Å². The molecule has 3 aromatic rings. The summed E-state index contributed by atoms with van der Waals surface area (Å²) in [5, 5.41) is 7.78. The normalized spacial score (nSPS) is 15.0. The molecule has 0 aliphatic carbocycles. The molecular formula is C17H16N4O2. The van der Waals surface area contributed by atoms with Crippen LogP contribution in [0.25, 0.3) is 22.0 Å². The van der Waals surface area contributed by atoms with Gasteiger partial charge in [0, 0.05) is 42.0 Å². The zero-order valence-electron chi connectivity index (χ0n) is 12.5. The Labute approximate surface area is 133 Å². The molecule has 0 bridgehead atoms. The van der Waals surface area contributed by atoms with Gasteiger partial charge in [-0.1, -0.05) is 0 Å². The highest BCUT2D eigenvalue weighted by molar-refractivity contribution is 6.01. The summed E-state index contributed by atoms with van der Waals surface area (Å²) in [5.41, 5.74) is 3.54. The zero-order valence-corrected chi connectivity index (χ0v) is 12.5. The number of aromatic amines is 1. The molecule has 6 nitrogen and oxygen atoms in total. The van der Waals surface area contributed by atoms with Gasteiger partial charge in [-0.05, 0) is 29.8 Å². The highest BCUT2D eigenvalue weighted by Crippen LogP contribution is 2.27. The highest BCUT2D eigenvalue weighted by Gasteiger charge is 2.19. The summed E-state index contributed by atoms with van der Waals surface area (Å²) in [6, 6.07) is 7.59. The minimum Gasteiger partial charge on any atom is -0.378 e. The lowest BCUT2D eigenvalue weighted by Crippen LogP contribution is -2.40. The SMILES string of the molecule is O=C(c1ccc2nccc(-c3cn[nH]c3)c2c1)N1CCOCC1. The number of rotatable bonds is 2. The standard InChI is InChI=1S/C17H16N4O2/c22-17(21-5-7-23-8-6-21)12-1-2-16-15(9-12)14(3-4-18-16)13-10-19-20-11-13/h1-4,9-11H,5-8H2,(H,19,20). The van der Waals surface area contributed by atoms with Crippen LogP contribution in [0.5, 0.6) is 0 Å². The van der Waals surface area contributed by atoms with E-state index in [9.17, 15) is 4.79 Å². The van der Waals surface area contributed by atoms with Gasteiger partial charge in [0.05, 0.1) is 24.9 Å². The number of hydrogen-bond donors (Lipinski definition) is 1. The molecule has 1 fully saturated rings. The molecule has 4 rings (SSSR count). The summed E-state index contributed by atoms with van der Waals surface area (Å²) < 4.78 is 5.31. The summed E-state index contributed by atoms with van der Waals surface area (Å²) in [6.07, 6.45) is 5.38. The van der Waals surface area contributed by atoms with Crippen molar-refractivity contribution in [3.05, 3.63) is 48.4 Å². The molecule has 1 aliphatic rings.